The van der Waals surface area contributed by atoms with E-state index in [1.807, 2.05) is 19.1 Å². The van der Waals surface area contributed by atoms with Crippen LogP contribution in [0.25, 0.3) is 0 Å². The summed E-state index contributed by atoms with van der Waals surface area (Å²) < 4.78 is 11.0. The normalized spacial score (nSPS) is 15.2. The van der Waals surface area contributed by atoms with Crippen molar-refractivity contribution in [2.75, 3.05) is 20.2 Å². The molecule has 1 saturated heterocycles. The SMILES string of the molecule is COc1ncccc1C(=O)N1CCC(Oc2ccc(C)nn2)CC1. The second kappa shape index (κ2) is 7.25. The molecule has 7 nitrogen and oxygen atoms in total. The molecule has 3 heterocycles. The molecule has 1 amide bonds. The van der Waals surface area contributed by atoms with E-state index < -0.39 is 0 Å². The summed E-state index contributed by atoms with van der Waals surface area (Å²) in [6.07, 6.45) is 3.16. The predicted octanol–water partition coefficient (Wildman–Crippen LogP) is 1.87. The maximum atomic E-state index is 12.6. The lowest BCUT2D eigenvalue weighted by molar-refractivity contribution is 0.0582. The summed E-state index contributed by atoms with van der Waals surface area (Å²) in [4.78, 5) is 18.5. The predicted molar refractivity (Wildman–Crippen MR) is 87.1 cm³/mol. The molecule has 2 aromatic rings. The van der Waals surface area contributed by atoms with Gasteiger partial charge >= 0.3 is 0 Å². The van der Waals surface area contributed by atoms with Crippen LogP contribution in [0.4, 0.5) is 0 Å². The van der Waals surface area contributed by atoms with Crippen LogP contribution in [-0.4, -0.2) is 52.3 Å². The number of aryl methyl sites for hydroxylation is 1. The third kappa shape index (κ3) is 3.61. The molecular formula is C17H20N4O3. The molecule has 0 saturated carbocycles. The minimum Gasteiger partial charge on any atom is -0.480 e. The molecule has 1 aliphatic heterocycles. The van der Waals surface area contributed by atoms with Gasteiger partial charge in [0.05, 0.1) is 12.8 Å². The molecule has 0 spiro atoms. The third-order valence-electron chi connectivity index (χ3n) is 3.98. The van der Waals surface area contributed by atoms with Gasteiger partial charge in [0, 0.05) is 38.2 Å². The number of carbonyl (C=O) groups excluding carboxylic acids is 1. The van der Waals surface area contributed by atoms with Crippen LogP contribution in [0.2, 0.25) is 0 Å². The van der Waals surface area contributed by atoms with E-state index in [4.69, 9.17) is 9.47 Å². The van der Waals surface area contributed by atoms with E-state index in [-0.39, 0.29) is 12.0 Å². The van der Waals surface area contributed by atoms with Crippen molar-refractivity contribution in [1.82, 2.24) is 20.1 Å². The number of piperidine rings is 1. The Balaban J connectivity index is 1.58. The number of amides is 1. The van der Waals surface area contributed by atoms with Crippen molar-refractivity contribution in [2.24, 2.45) is 0 Å². The first kappa shape index (κ1) is 16.2. The smallest absolute Gasteiger partial charge is 0.259 e. The van der Waals surface area contributed by atoms with Gasteiger partial charge in [-0.15, -0.1) is 5.10 Å². The van der Waals surface area contributed by atoms with Crippen LogP contribution in [-0.2, 0) is 0 Å². The molecule has 0 aromatic carbocycles. The molecule has 0 bridgehead atoms. The van der Waals surface area contributed by atoms with Gasteiger partial charge in [-0.05, 0) is 25.1 Å². The van der Waals surface area contributed by atoms with Crippen molar-refractivity contribution in [3.63, 3.8) is 0 Å². The summed E-state index contributed by atoms with van der Waals surface area (Å²) in [5.41, 5.74) is 1.34. The molecule has 0 unspecified atom stereocenters. The van der Waals surface area contributed by atoms with Crippen LogP contribution in [0.3, 0.4) is 0 Å². The molecule has 2 aromatic heterocycles. The standard InChI is InChI=1S/C17H20N4O3/c1-12-5-6-15(20-19-12)24-13-7-10-21(11-8-13)17(22)14-4-3-9-18-16(14)23-2/h3-6,9,13H,7-8,10-11H2,1-2H3. The molecule has 126 valence electrons. The highest BCUT2D eigenvalue weighted by Gasteiger charge is 2.26. The Labute approximate surface area is 140 Å². The Morgan fingerprint density at radius 2 is 2.00 bits per heavy atom. The largest absolute Gasteiger partial charge is 0.480 e. The molecule has 0 aliphatic carbocycles. The van der Waals surface area contributed by atoms with E-state index in [1.54, 1.807) is 23.2 Å². The average molecular weight is 328 g/mol. The summed E-state index contributed by atoms with van der Waals surface area (Å²) in [5.74, 6) is 0.823. The van der Waals surface area contributed by atoms with Gasteiger partial charge in [0.1, 0.15) is 11.7 Å². The molecule has 0 N–H and O–H groups in total. The fraction of sp³-hybridized carbons (Fsp3) is 0.412. The molecule has 7 heteroatoms. The number of rotatable bonds is 4. The Kier molecular flexibility index (Phi) is 4.88. The number of likely N-dealkylation sites (tertiary alicyclic amines) is 1. The molecule has 0 radical (unpaired) electrons. The van der Waals surface area contributed by atoms with Gasteiger partial charge in [-0.3, -0.25) is 4.79 Å². The fourth-order valence-corrected chi connectivity index (χ4v) is 2.68. The number of aromatic nitrogens is 3. The Morgan fingerprint density at radius 3 is 2.67 bits per heavy atom. The van der Waals surface area contributed by atoms with Gasteiger partial charge in [0.25, 0.3) is 5.91 Å². The van der Waals surface area contributed by atoms with E-state index in [2.05, 4.69) is 15.2 Å². The quantitative estimate of drug-likeness (QED) is 0.853. The number of ether oxygens (including phenoxy) is 2. The first-order valence-corrected chi connectivity index (χ1v) is 7.92. The number of carbonyl (C=O) groups is 1. The zero-order valence-corrected chi connectivity index (χ0v) is 13.8. The molecular weight excluding hydrogens is 308 g/mol. The van der Waals surface area contributed by atoms with Gasteiger partial charge in [0.15, 0.2) is 0 Å². The minimum atomic E-state index is -0.0615. The molecule has 0 atom stereocenters. The van der Waals surface area contributed by atoms with Crippen molar-refractivity contribution in [3.05, 3.63) is 41.7 Å². The molecule has 24 heavy (non-hydrogen) atoms. The number of methoxy groups -OCH3 is 1. The van der Waals surface area contributed by atoms with Crippen LogP contribution >= 0.6 is 0 Å². The summed E-state index contributed by atoms with van der Waals surface area (Å²) in [7, 11) is 1.52. The molecule has 1 aliphatic rings. The summed E-state index contributed by atoms with van der Waals surface area (Å²) in [6.45, 7) is 3.13. The van der Waals surface area contributed by atoms with E-state index in [0.29, 0.717) is 30.4 Å². The van der Waals surface area contributed by atoms with E-state index in [9.17, 15) is 4.79 Å². The van der Waals surface area contributed by atoms with Crippen LogP contribution < -0.4 is 9.47 Å². The third-order valence-corrected chi connectivity index (χ3v) is 3.98. The van der Waals surface area contributed by atoms with E-state index in [0.717, 1.165) is 18.5 Å². The van der Waals surface area contributed by atoms with Crippen molar-refractivity contribution in [2.45, 2.75) is 25.9 Å². The lowest BCUT2D eigenvalue weighted by Gasteiger charge is -2.32. The van der Waals surface area contributed by atoms with Gasteiger partial charge in [-0.25, -0.2) is 4.98 Å². The number of nitrogens with zero attached hydrogens (tertiary/aromatic N) is 4. The Hall–Kier alpha value is -2.70. The minimum absolute atomic E-state index is 0.0434. The first-order chi connectivity index (χ1) is 11.7. The maximum absolute atomic E-state index is 12.6. The van der Waals surface area contributed by atoms with Crippen LogP contribution in [0.15, 0.2) is 30.5 Å². The van der Waals surface area contributed by atoms with Crippen molar-refractivity contribution in [1.29, 1.82) is 0 Å². The lowest BCUT2D eigenvalue weighted by atomic mass is 10.1. The van der Waals surface area contributed by atoms with E-state index >= 15 is 0 Å². The van der Waals surface area contributed by atoms with Gasteiger partial charge in [0.2, 0.25) is 11.8 Å². The van der Waals surface area contributed by atoms with Crippen LogP contribution in [0.1, 0.15) is 28.9 Å². The van der Waals surface area contributed by atoms with Gasteiger partial charge in [-0.2, -0.15) is 5.10 Å². The number of pyridine rings is 1. The summed E-state index contributed by atoms with van der Waals surface area (Å²) in [6, 6.07) is 7.16. The van der Waals surface area contributed by atoms with Crippen molar-refractivity contribution < 1.29 is 14.3 Å². The zero-order valence-electron chi connectivity index (χ0n) is 13.8. The van der Waals surface area contributed by atoms with E-state index in [1.165, 1.54) is 7.11 Å². The molecule has 1 fully saturated rings. The zero-order chi connectivity index (χ0) is 16.9. The monoisotopic (exact) mass is 328 g/mol. The lowest BCUT2D eigenvalue weighted by Crippen LogP contribution is -2.42. The van der Waals surface area contributed by atoms with Gasteiger partial charge < -0.3 is 14.4 Å². The van der Waals surface area contributed by atoms with Gasteiger partial charge in [-0.1, -0.05) is 0 Å². The van der Waals surface area contributed by atoms with Crippen LogP contribution in [0, 0.1) is 6.92 Å². The fourth-order valence-electron chi connectivity index (χ4n) is 2.68. The second-order valence-electron chi connectivity index (χ2n) is 5.68. The number of hydrogen-bond donors (Lipinski definition) is 0. The van der Waals surface area contributed by atoms with Crippen LogP contribution in [0.5, 0.6) is 11.8 Å². The summed E-state index contributed by atoms with van der Waals surface area (Å²) >= 11 is 0. The first-order valence-electron chi connectivity index (χ1n) is 7.92. The van der Waals surface area contributed by atoms with Crippen molar-refractivity contribution >= 4 is 5.91 Å². The molecule has 3 rings (SSSR count). The Bertz CT molecular complexity index is 697. The highest BCUT2D eigenvalue weighted by Crippen LogP contribution is 2.21. The van der Waals surface area contributed by atoms with Crippen molar-refractivity contribution in [3.8, 4) is 11.8 Å². The number of hydrogen-bond acceptors (Lipinski definition) is 6. The Morgan fingerprint density at radius 1 is 1.21 bits per heavy atom. The second-order valence-corrected chi connectivity index (χ2v) is 5.68. The maximum Gasteiger partial charge on any atom is 0.259 e. The topological polar surface area (TPSA) is 77.4 Å². The highest BCUT2D eigenvalue weighted by atomic mass is 16.5. The highest BCUT2D eigenvalue weighted by molar-refractivity contribution is 5.96. The average Bonchev–Trinajstić information content (AvgIpc) is 2.63. The summed E-state index contributed by atoms with van der Waals surface area (Å²) in [5, 5.41) is 8.01.